The summed E-state index contributed by atoms with van der Waals surface area (Å²) in [5, 5.41) is 3.93. The molecule has 5 nitrogen and oxygen atoms in total. The van der Waals surface area contributed by atoms with Crippen LogP contribution in [0.4, 0.5) is 13.2 Å². The first-order valence-corrected chi connectivity index (χ1v) is 6.76. The first-order valence-electron chi connectivity index (χ1n) is 6.76. The van der Waals surface area contributed by atoms with Crippen molar-refractivity contribution in [1.82, 2.24) is 19.3 Å². The van der Waals surface area contributed by atoms with E-state index in [1.54, 1.807) is 6.92 Å². The Morgan fingerprint density at radius 3 is 2.39 bits per heavy atom. The maximum absolute atomic E-state index is 14.2. The van der Waals surface area contributed by atoms with Crippen molar-refractivity contribution in [3.05, 3.63) is 64.7 Å². The van der Waals surface area contributed by atoms with Crippen molar-refractivity contribution in [3.63, 3.8) is 0 Å². The van der Waals surface area contributed by atoms with E-state index in [1.165, 1.54) is 34.0 Å². The van der Waals surface area contributed by atoms with Crippen molar-refractivity contribution in [3.8, 4) is 16.9 Å². The lowest BCUT2D eigenvalue weighted by Crippen LogP contribution is -2.22. The Hall–Kier alpha value is -2.90. The molecule has 0 aliphatic heterocycles. The minimum absolute atomic E-state index is 0.0273. The van der Waals surface area contributed by atoms with Crippen LogP contribution in [0.25, 0.3) is 16.9 Å². The number of nitrogens with zero attached hydrogens (tertiary/aromatic N) is 4. The van der Waals surface area contributed by atoms with Crippen LogP contribution in [0.2, 0.25) is 0 Å². The van der Waals surface area contributed by atoms with Crippen molar-refractivity contribution in [1.29, 1.82) is 0 Å². The third kappa shape index (κ3) is 2.52. The van der Waals surface area contributed by atoms with Gasteiger partial charge < -0.3 is 4.57 Å². The second kappa shape index (κ2) is 5.71. The minimum atomic E-state index is -1.10. The average molecular weight is 320 g/mol. The molecule has 0 saturated heterocycles. The number of halogens is 3. The van der Waals surface area contributed by atoms with Crippen molar-refractivity contribution in [2.45, 2.75) is 13.5 Å². The fraction of sp³-hybridized carbons (Fsp3) is 0.133. The van der Waals surface area contributed by atoms with Gasteiger partial charge in [0.1, 0.15) is 30.1 Å². The molecule has 0 fully saturated rings. The first-order chi connectivity index (χ1) is 11.0. The number of aromatic nitrogens is 4. The van der Waals surface area contributed by atoms with Gasteiger partial charge >= 0.3 is 0 Å². The Morgan fingerprint density at radius 2 is 1.83 bits per heavy atom. The van der Waals surface area contributed by atoms with Gasteiger partial charge in [0.05, 0.1) is 16.9 Å². The van der Waals surface area contributed by atoms with Crippen LogP contribution in [-0.2, 0) is 6.54 Å². The normalized spacial score (nSPS) is 11.0. The number of pyridine rings is 1. The molecule has 8 heteroatoms. The molecule has 2 aromatic heterocycles. The molecular formula is C15H11F3N4O. The third-order valence-electron chi connectivity index (χ3n) is 3.39. The quantitative estimate of drug-likeness (QED) is 0.745. The molecule has 0 spiro atoms. The maximum atomic E-state index is 14.2. The van der Waals surface area contributed by atoms with E-state index in [0.717, 1.165) is 0 Å². The van der Waals surface area contributed by atoms with E-state index >= 15 is 0 Å². The summed E-state index contributed by atoms with van der Waals surface area (Å²) in [5.74, 6) is -3.24. The molecule has 118 valence electrons. The van der Waals surface area contributed by atoms with Gasteiger partial charge in [0, 0.05) is 24.7 Å². The highest BCUT2D eigenvalue weighted by molar-refractivity contribution is 5.70. The number of hydrogen-bond donors (Lipinski definition) is 0. The van der Waals surface area contributed by atoms with Gasteiger partial charge in [-0.25, -0.2) is 22.8 Å². The molecule has 0 aliphatic rings. The lowest BCUT2D eigenvalue weighted by Gasteiger charge is -2.17. The van der Waals surface area contributed by atoms with Crippen LogP contribution in [0, 0.1) is 17.5 Å². The van der Waals surface area contributed by atoms with Gasteiger partial charge in [-0.3, -0.25) is 4.79 Å². The van der Waals surface area contributed by atoms with Gasteiger partial charge in [-0.15, -0.1) is 0 Å². The molecule has 0 N–H and O–H groups in total. The molecule has 0 atom stereocenters. The van der Waals surface area contributed by atoms with Crippen LogP contribution in [0.3, 0.4) is 0 Å². The van der Waals surface area contributed by atoms with Gasteiger partial charge in [0.2, 0.25) is 0 Å². The molecule has 23 heavy (non-hydrogen) atoms. The van der Waals surface area contributed by atoms with Crippen LogP contribution >= 0.6 is 0 Å². The van der Waals surface area contributed by atoms with Crippen molar-refractivity contribution in [2.75, 3.05) is 0 Å². The van der Waals surface area contributed by atoms with Crippen molar-refractivity contribution < 1.29 is 13.2 Å². The summed E-state index contributed by atoms with van der Waals surface area (Å²) < 4.78 is 44.1. The van der Waals surface area contributed by atoms with E-state index in [0.29, 0.717) is 12.1 Å². The molecule has 0 bridgehead atoms. The summed E-state index contributed by atoms with van der Waals surface area (Å²) in [7, 11) is 0. The topological polar surface area (TPSA) is 52.7 Å². The lowest BCUT2D eigenvalue weighted by molar-refractivity contribution is 0.544. The molecule has 0 saturated carbocycles. The maximum Gasteiger partial charge on any atom is 0.251 e. The Balaban J connectivity index is 2.43. The fourth-order valence-corrected chi connectivity index (χ4v) is 2.43. The monoisotopic (exact) mass is 320 g/mol. The fourth-order valence-electron chi connectivity index (χ4n) is 2.43. The zero-order valence-corrected chi connectivity index (χ0v) is 12.0. The van der Waals surface area contributed by atoms with Crippen LogP contribution in [0.1, 0.15) is 6.92 Å². The summed E-state index contributed by atoms with van der Waals surface area (Å²) >= 11 is 0. The van der Waals surface area contributed by atoms with Crippen LogP contribution in [-0.4, -0.2) is 19.3 Å². The summed E-state index contributed by atoms with van der Waals surface area (Å²) in [5.41, 5.74) is -0.695. The number of rotatable bonds is 3. The van der Waals surface area contributed by atoms with Crippen LogP contribution in [0.15, 0.2) is 41.7 Å². The zero-order chi connectivity index (χ0) is 16.6. The Morgan fingerprint density at radius 1 is 1.13 bits per heavy atom. The molecule has 0 aliphatic carbocycles. The van der Waals surface area contributed by atoms with Gasteiger partial charge in [0.15, 0.2) is 0 Å². The molecule has 2 heterocycles. The van der Waals surface area contributed by atoms with Crippen molar-refractivity contribution >= 4 is 0 Å². The smallest absolute Gasteiger partial charge is 0.251 e. The second-order valence-electron chi connectivity index (χ2n) is 4.73. The highest BCUT2D eigenvalue weighted by Crippen LogP contribution is 2.30. The van der Waals surface area contributed by atoms with E-state index in [4.69, 9.17) is 0 Å². The predicted molar refractivity (Wildman–Crippen MR) is 76.6 cm³/mol. The standard InChI is InChI=1S/C15H11F3N4O/c1-2-21-13(23)4-3-12(22-8-19-7-20-22)15(21)14-10(17)5-9(16)6-11(14)18/h3-8H,2H2,1H3. The summed E-state index contributed by atoms with van der Waals surface area (Å²) in [6.07, 6.45) is 2.59. The lowest BCUT2D eigenvalue weighted by atomic mass is 10.1. The van der Waals surface area contributed by atoms with Gasteiger partial charge in [-0.2, -0.15) is 5.10 Å². The molecule has 0 radical (unpaired) electrons. The SMILES string of the molecule is CCn1c(-c2c(F)cc(F)cc2F)c(-n2cncn2)ccc1=O. The first kappa shape index (κ1) is 15.0. The Bertz CT molecular complexity index is 896. The van der Waals surface area contributed by atoms with E-state index in [1.807, 2.05) is 0 Å². The van der Waals surface area contributed by atoms with E-state index < -0.39 is 28.6 Å². The molecule has 3 aromatic rings. The minimum Gasteiger partial charge on any atom is -0.306 e. The zero-order valence-electron chi connectivity index (χ0n) is 12.0. The predicted octanol–water partition coefficient (Wildman–Crippen LogP) is 2.53. The Kier molecular flexibility index (Phi) is 3.73. The summed E-state index contributed by atoms with van der Waals surface area (Å²) in [4.78, 5) is 15.8. The second-order valence-corrected chi connectivity index (χ2v) is 4.73. The number of hydrogen-bond acceptors (Lipinski definition) is 3. The molecule has 0 amide bonds. The molecular weight excluding hydrogens is 309 g/mol. The molecule has 0 unspecified atom stereocenters. The van der Waals surface area contributed by atoms with Gasteiger partial charge in [-0.1, -0.05) is 0 Å². The van der Waals surface area contributed by atoms with E-state index in [9.17, 15) is 18.0 Å². The van der Waals surface area contributed by atoms with E-state index in [-0.39, 0.29) is 17.9 Å². The summed E-state index contributed by atoms with van der Waals surface area (Å²) in [6.45, 7) is 1.84. The number of benzene rings is 1. The van der Waals surface area contributed by atoms with Crippen LogP contribution in [0.5, 0.6) is 0 Å². The van der Waals surface area contributed by atoms with Gasteiger partial charge in [-0.05, 0) is 13.0 Å². The van der Waals surface area contributed by atoms with Crippen LogP contribution < -0.4 is 5.56 Å². The molecule has 1 aromatic carbocycles. The summed E-state index contributed by atoms with van der Waals surface area (Å²) in [6, 6.07) is 3.80. The van der Waals surface area contributed by atoms with E-state index in [2.05, 4.69) is 10.1 Å². The highest BCUT2D eigenvalue weighted by atomic mass is 19.1. The molecule has 3 rings (SSSR count). The average Bonchev–Trinajstić information content (AvgIpc) is 3.00. The highest BCUT2D eigenvalue weighted by Gasteiger charge is 2.21. The van der Waals surface area contributed by atoms with Crippen molar-refractivity contribution in [2.24, 2.45) is 0 Å². The largest absolute Gasteiger partial charge is 0.306 e. The third-order valence-corrected chi connectivity index (χ3v) is 3.39. The Labute approximate surface area is 128 Å². The van der Waals surface area contributed by atoms with Gasteiger partial charge in [0.25, 0.3) is 5.56 Å².